The third-order valence-corrected chi connectivity index (χ3v) is 4.59. The first-order valence-corrected chi connectivity index (χ1v) is 8.31. The number of fused-ring (bicyclic) bond motifs is 1. The van der Waals surface area contributed by atoms with Crippen molar-refractivity contribution in [3.05, 3.63) is 76.8 Å². The van der Waals surface area contributed by atoms with Crippen LogP contribution in [0.15, 0.2) is 65.6 Å². The molecule has 0 fully saturated rings. The number of nitrogen functional groups attached to an aromatic ring is 1. The molecule has 0 spiro atoms. The minimum atomic E-state index is -0.126. The van der Waals surface area contributed by atoms with Crippen LogP contribution in [0.25, 0.3) is 16.5 Å². The Hall–Kier alpha value is -3.54. The van der Waals surface area contributed by atoms with E-state index in [0.717, 1.165) is 22.2 Å². The van der Waals surface area contributed by atoms with Gasteiger partial charge in [-0.2, -0.15) is 0 Å². The molecule has 0 aliphatic heterocycles. The Bertz CT molecular complexity index is 1160. The van der Waals surface area contributed by atoms with Gasteiger partial charge >= 0.3 is 0 Å². The van der Waals surface area contributed by atoms with Crippen molar-refractivity contribution in [1.29, 1.82) is 0 Å². The summed E-state index contributed by atoms with van der Waals surface area (Å²) in [6.07, 6.45) is 1.72. The minimum absolute atomic E-state index is 0.126. The SMILES string of the molecule is Cc1c(Nc2nccc3ccc(N)cc23)c(=O)n(-c2ccccc2)n1C. The lowest BCUT2D eigenvalue weighted by atomic mass is 10.1. The van der Waals surface area contributed by atoms with Crippen LogP contribution in [-0.2, 0) is 7.05 Å². The first-order chi connectivity index (χ1) is 12.6. The number of rotatable bonds is 3. The Labute approximate surface area is 150 Å². The summed E-state index contributed by atoms with van der Waals surface area (Å²) in [7, 11) is 1.86. The molecular formula is C20H19N5O. The Kier molecular flexibility index (Phi) is 3.73. The highest BCUT2D eigenvalue weighted by Gasteiger charge is 2.17. The maximum Gasteiger partial charge on any atom is 0.295 e. The molecule has 0 saturated carbocycles. The zero-order valence-electron chi connectivity index (χ0n) is 14.6. The lowest BCUT2D eigenvalue weighted by molar-refractivity contribution is 0.630. The zero-order valence-corrected chi connectivity index (χ0v) is 14.6. The van der Waals surface area contributed by atoms with E-state index in [-0.39, 0.29) is 5.56 Å². The molecule has 0 amide bonds. The Morgan fingerprint density at radius 1 is 1.08 bits per heavy atom. The molecule has 2 aromatic heterocycles. The fraction of sp³-hybridized carbons (Fsp3) is 0.100. The van der Waals surface area contributed by atoms with Gasteiger partial charge in [-0.15, -0.1) is 0 Å². The van der Waals surface area contributed by atoms with Crippen LogP contribution < -0.4 is 16.6 Å². The van der Waals surface area contributed by atoms with E-state index in [0.29, 0.717) is 17.2 Å². The van der Waals surface area contributed by atoms with E-state index < -0.39 is 0 Å². The first-order valence-electron chi connectivity index (χ1n) is 8.31. The van der Waals surface area contributed by atoms with Gasteiger partial charge in [-0.05, 0) is 42.6 Å². The highest BCUT2D eigenvalue weighted by atomic mass is 16.1. The lowest BCUT2D eigenvalue weighted by Gasteiger charge is -2.08. The Morgan fingerprint density at radius 3 is 2.62 bits per heavy atom. The maximum absolute atomic E-state index is 13.0. The van der Waals surface area contributed by atoms with Gasteiger partial charge in [-0.1, -0.05) is 24.3 Å². The molecule has 0 aliphatic rings. The second-order valence-electron chi connectivity index (χ2n) is 6.20. The smallest absolute Gasteiger partial charge is 0.295 e. The van der Waals surface area contributed by atoms with Crippen LogP contribution >= 0.6 is 0 Å². The third kappa shape index (κ3) is 2.52. The number of para-hydroxylation sites is 1. The topological polar surface area (TPSA) is 77.9 Å². The van der Waals surface area contributed by atoms with Crippen molar-refractivity contribution < 1.29 is 0 Å². The van der Waals surface area contributed by atoms with Crippen molar-refractivity contribution >= 4 is 28.0 Å². The van der Waals surface area contributed by atoms with Gasteiger partial charge in [-0.3, -0.25) is 9.48 Å². The van der Waals surface area contributed by atoms with E-state index in [1.54, 1.807) is 10.9 Å². The number of anilines is 3. The van der Waals surface area contributed by atoms with Crippen LogP contribution in [0.3, 0.4) is 0 Å². The highest BCUT2D eigenvalue weighted by molar-refractivity contribution is 5.95. The summed E-state index contributed by atoms with van der Waals surface area (Å²) in [5, 5.41) is 5.11. The summed E-state index contributed by atoms with van der Waals surface area (Å²) in [5.74, 6) is 0.612. The molecule has 2 heterocycles. The van der Waals surface area contributed by atoms with Crippen molar-refractivity contribution in [2.45, 2.75) is 6.92 Å². The van der Waals surface area contributed by atoms with Crippen LogP contribution in [0.1, 0.15) is 5.69 Å². The molecule has 130 valence electrons. The van der Waals surface area contributed by atoms with Crippen LogP contribution in [0.5, 0.6) is 0 Å². The summed E-state index contributed by atoms with van der Waals surface area (Å²) < 4.78 is 3.47. The van der Waals surface area contributed by atoms with Gasteiger partial charge in [-0.25, -0.2) is 9.67 Å². The van der Waals surface area contributed by atoms with Gasteiger partial charge in [0.2, 0.25) is 0 Å². The maximum atomic E-state index is 13.0. The fourth-order valence-electron chi connectivity index (χ4n) is 3.12. The number of pyridine rings is 1. The lowest BCUT2D eigenvalue weighted by Crippen LogP contribution is -2.20. The van der Waals surface area contributed by atoms with Gasteiger partial charge in [0.25, 0.3) is 5.56 Å². The Morgan fingerprint density at radius 2 is 1.85 bits per heavy atom. The number of nitrogens with one attached hydrogen (secondary N) is 1. The number of hydrogen-bond acceptors (Lipinski definition) is 4. The standard InChI is InChI=1S/C20H19N5O/c1-13-18(20(26)25(24(13)2)16-6-4-3-5-7-16)23-19-17-12-15(21)9-8-14(17)10-11-22-19/h3-12H,21H2,1-2H3,(H,22,23). The number of aromatic nitrogens is 3. The Balaban J connectivity index is 1.86. The summed E-state index contributed by atoms with van der Waals surface area (Å²) in [5.41, 5.74) is 8.58. The molecule has 0 aliphatic carbocycles. The first kappa shape index (κ1) is 16.0. The van der Waals surface area contributed by atoms with Crippen molar-refractivity contribution in [1.82, 2.24) is 14.3 Å². The quantitative estimate of drug-likeness (QED) is 0.558. The largest absolute Gasteiger partial charge is 0.399 e. The number of hydrogen-bond donors (Lipinski definition) is 2. The van der Waals surface area contributed by atoms with Crippen LogP contribution in [0.2, 0.25) is 0 Å². The molecular weight excluding hydrogens is 326 g/mol. The van der Waals surface area contributed by atoms with Crippen LogP contribution in [-0.4, -0.2) is 14.3 Å². The van der Waals surface area contributed by atoms with E-state index >= 15 is 0 Å². The van der Waals surface area contributed by atoms with E-state index in [4.69, 9.17) is 5.73 Å². The third-order valence-electron chi connectivity index (χ3n) is 4.59. The van der Waals surface area contributed by atoms with Gasteiger partial charge in [0.15, 0.2) is 0 Å². The van der Waals surface area contributed by atoms with Crippen molar-refractivity contribution in [3.63, 3.8) is 0 Å². The number of nitrogens with two attached hydrogens (primary N) is 1. The molecule has 2 aromatic carbocycles. The van der Waals surface area contributed by atoms with Crippen molar-refractivity contribution in [3.8, 4) is 5.69 Å². The molecule has 6 nitrogen and oxygen atoms in total. The summed E-state index contributed by atoms with van der Waals surface area (Å²) in [6.45, 7) is 1.91. The predicted molar refractivity (Wildman–Crippen MR) is 105 cm³/mol. The molecule has 6 heteroatoms. The van der Waals surface area contributed by atoms with Gasteiger partial charge < -0.3 is 11.1 Å². The van der Waals surface area contributed by atoms with E-state index in [2.05, 4.69) is 10.3 Å². The average Bonchev–Trinajstić information content (AvgIpc) is 2.86. The molecule has 0 bridgehead atoms. The summed E-state index contributed by atoms with van der Waals surface area (Å²) in [4.78, 5) is 17.5. The fourth-order valence-corrected chi connectivity index (χ4v) is 3.12. The van der Waals surface area contributed by atoms with Crippen LogP contribution in [0.4, 0.5) is 17.2 Å². The normalized spacial score (nSPS) is 11.0. The van der Waals surface area contributed by atoms with Gasteiger partial charge in [0.1, 0.15) is 11.5 Å². The molecule has 4 rings (SSSR count). The number of nitrogens with zero attached hydrogens (tertiary/aromatic N) is 3. The van der Waals surface area contributed by atoms with E-state index in [1.165, 1.54) is 0 Å². The van der Waals surface area contributed by atoms with Gasteiger partial charge in [0, 0.05) is 24.3 Å². The molecule has 0 radical (unpaired) electrons. The monoisotopic (exact) mass is 345 g/mol. The van der Waals surface area contributed by atoms with Crippen molar-refractivity contribution in [2.75, 3.05) is 11.1 Å². The van der Waals surface area contributed by atoms with E-state index in [1.807, 2.05) is 73.3 Å². The minimum Gasteiger partial charge on any atom is -0.399 e. The molecule has 0 unspecified atom stereocenters. The molecule has 4 aromatic rings. The van der Waals surface area contributed by atoms with E-state index in [9.17, 15) is 4.79 Å². The van der Waals surface area contributed by atoms with Crippen molar-refractivity contribution in [2.24, 2.45) is 7.05 Å². The van der Waals surface area contributed by atoms with Crippen LogP contribution in [0, 0.1) is 6.92 Å². The molecule has 26 heavy (non-hydrogen) atoms. The van der Waals surface area contributed by atoms with Gasteiger partial charge in [0.05, 0.1) is 11.4 Å². The second kappa shape index (κ2) is 6.07. The molecule has 3 N–H and O–H groups in total. The molecule has 0 atom stereocenters. The summed E-state index contributed by atoms with van der Waals surface area (Å²) >= 11 is 0. The average molecular weight is 345 g/mol. The molecule has 0 saturated heterocycles. The summed E-state index contributed by atoms with van der Waals surface area (Å²) in [6, 6.07) is 17.1. The number of benzene rings is 2. The second-order valence-corrected chi connectivity index (χ2v) is 6.20. The highest BCUT2D eigenvalue weighted by Crippen LogP contribution is 2.26. The predicted octanol–water partition coefficient (Wildman–Crippen LogP) is 3.36. The zero-order chi connectivity index (χ0) is 18.3.